The molecule has 0 aromatic rings. The number of ether oxygens (including phenoxy) is 1. The predicted octanol–water partition coefficient (Wildman–Crippen LogP) is 2.72. The molecule has 1 aliphatic carbocycles. The first-order chi connectivity index (χ1) is 9.60. The van der Waals surface area contributed by atoms with Crippen LogP contribution in [-0.2, 0) is 14.3 Å². The number of rotatable bonds is 6. The summed E-state index contributed by atoms with van der Waals surface area (Å²) >= 11 is 0. The summed E-state index contributed by atoms with van der Waals surface area (Å²) in [5.74, 6) is -1.89. The van der Waals surface area contributed by atoms with Crippen molar-refractivity contribution >= 4 is 11.9 Å². The molecule has 21 heavy (non-hydrogen) atoms. The van der Waals surface area contributed by atoms with Crippen LogP contribution in [0.4, 0.5) is 0 Å². The average Bonchev–Trinajstić information content (AvgIpc) is 2.67. The van der Waals surface area contributed by atoms with E-state index in [2.05, 4.69) is 6.92 Å². The number of carboxylic acids is 1. The van der Waals surface area contributed by atoms with Crippen molar-refractivity contribution in [1.82, 2.24) is 0 Å². The van der Waals surface area contributed by atoms with Crippen LogP contribution in [0.25, 0.3) is 0 Å². The average molecular weight is 299 g/mol. The van der Waals surface area contributed by atoms with Crippen LogP contribution < -0.4 is 5.73 Å². The van der Waals surface area contributed by atoms with Gasteiger partial charge in [0.25, 0.3) is 0 Å². The highest BCUT2D eigenvalue weighted by molar-refractivity contribution is 5.82. The lowest BCUT2D eigenvalue weighted by Crippen LogP contribution is -2.51. The van der Waals surface area contributed by atoms with Crippen LogP contribution in [0.2, 0.25) is 0 Å². The molecule has 1 saturated carbocycles. The van der Waals surface area contributed by atoms with Crippen LogP contribution in [0, 0.1) is 11.8 Å². The van der Waals surface area contributed by atoms with Crippen molar-refractivity contribution in [1.29, 1.82) is 0 Å². The summed E-state index contributed by atoms with van der Waals surface area (Å²) in [4.78, 5) is 23.7. The molecule has 3 unspecified atom stereocenters. The van der Waals surface area contributed by atoms with E-state index in [1.165, 1.54) is 0 Å². The summed E-state index contributed by atoms with van der Waals surface area (Å²) in [5, 5.41) is 9.45. The smallest absolute Gasteiger partial charge is 0.323 e. The van der Waals surface area contributed by atoms with Crippen molar-refractivity contribution in [3.8, 4) is 0 Å². The highest BCUT2D eigenvalue weighted by Gasteiger charge is 2.52. The maximum absolute atomic E-state index is 12.2. The summed E-state index contributed by atoms with van der Waals surface area (Å²) in [6.07, 6.45) is 4.54. The summed E-state index contributed by atoms with van der Waals surface area (Å²) in [6, 6.07) is 0. The zero-order valence-corrected chi connectivity index (χ0v) is 13.6. The number of aliphatic carboxylic acids is 1. The molecule has 0 aromatic heterocycles. The van der Waals surface area contributed by atoms with Gasteiger partial charge < -0.3 is 15.6 Å². The summed E-state index contributed by atoms with van der Waals surface area (Å²) in [5.41, 5.74) is 4.26. The third kappa shape index (κ3) is 4.70. The lowest BCUT2D eigenvalue weighted by Gasteiger charge is -2.26. The number of carbonyl (C=O) groups is 2. The van der Waals surface area contributed by atoms with Gasteiger partial charge in [0.15, 0.2) is 0 Å². The lowest BCUT2D eigenvalue weighted by molar-refractivity contribution is -0.160. The second kappa shape index (κ2) is 6.77. The van der Waals surface area contributed by atoms with E-state index >= 15 is 0 Å². The first-order valence-corrected chi connectivity index (χ1v) is 7.85. The standard InChI is InChI=1S/C16H29NO4/c1-5-6-7-8-12-9-11(10-16(12,17)14(19)20)13(18)21-15(2,3)4/h11-12H,5-10,17H2,1-4H3,(H,19,20). The molecule has 0 aromatic carbocycles. The van der Waals surface area contributed by atoms with Gasteiger partial charge in [-0.2, -0.15) is 0 Å². The van der Waals surface area contributed by atoms with Gasteiger partial charge in [0.2, 0.25) is 0 Å². The van der Waals surface area contributed by atoms with E-state index in [9.17, 15) is 14.7 Å². The van der Waals surface area contributed by atoms with Gasteiger partial charge >= 0.3 is 11.9 Å². The molecule has 1 fully saturated rings. The third-order valence-corrected chi connectivity index (χ3v) is 4.18. The predicted molar refractivity (Wildman–Crippen MR) is 80.8 cm³/mol. The fraction of sp³-hybridized carbons (Fsp3) is 0.875. The van der Waals surface area contributed by atoms with Gasteiger partial charge in [-0.1, -0.05) is 26.2 Å². The van der Waals surface area contributed by atoms with Gasteiger partial charge in [0.1, 0.15) is 11.1 Å². The molecule has 1 rings (SSSR count). The first kappa shape index (κ1) is 18.0. The molecule has 122 valence electrons. The van der Waals surface area contributed by atoms with Gasteiger partial charge in [-0.25, -0.2) is 0 Å². The van der Waals surface area contributed by atoms with Crippen molar-refractivity contribution in [2.45, 2.75) is 77.4 Å². The van der Waals surface area contributed by atoms with E-state index in [-0.39, 0.29) is 18.3 Å². The Balaban J connectivity index is 2.76. The molecule has 3 atom stereocenters. The Bertz CT molecular complexity index is 388. The molecule has 0 aliphatic heterocycles. The molecular formula is C16H29NO4. The first-order valence-electron chi connectivity index (χ1n) is 7.85. The molecule has 0 radical (unpaired) electrons. The molecule has 1 aliphatic rings. The molecule has 0 heterocycles. The Labute approximate surface area is 127 Å². The van der Waals surface area contributed by atoms with Gasteiger partial charge in [-0.15, -0.1) is 0 Å². The maximum Gasteiger partial charge on any atom is 0.323 e. The van der Waals surface area contributed by atoms with Crippen LogP contribution in [0.5, 0.6) is 0 Å². The number of nitrogens with two attached hydrogens (primary N) is 1. The molecule has 0 saturated heterocycles. The second-order valence-electron chi connectivity index (χ2n) is 7.21. The van der Waals surface area contributed by atoms with Crippen molar-refractivity contribution in [2.75, 3.05) is 0 Å². The van der Waals surface area contributed by atoms with Crippen LogP contribution in [-0.4, -0.2) is 28.2 Å². The van der Waals surface area contributed by atoms with Crippen LogP contribution >= 0.6 is 0 Å². The minimum absolute atomic E-state index is 0.154. The van der Waals surface area contributed by atoms with Crippen molar-refractivity contribution in [2.24, 2.45) is 17.6 Å². The van der Waals surface area contributed by atoms with Crippen LogP contribution in [0.15, 0.2) is 0 Å². The molecule has 0 amide bonds. The second-order valence-corrected chi connectivity index (χ2v) is 7.21. The Morgan fingerprint density at radius 1 is 1.33 bits per heavy atom. The van der Waals surface area contributed by atoms with Crippen LogP contribution in [0.3, 0.4) is 0 Å². The topological polar surface area (TPSA) is 89.6 Å². The normalized spacial score (nSPS) is 29.4. The Morgan fingerprint density at radius 3 is 2.43 bits per heavy atom. The van der Waals surface area contributed by atoms with Gasteiger partial charge in [-0.3, -0.25) is 9.59 Å². The minimum Gasteiger partial charge on any atom is -0.480 e. The van der Waals surface area contributed by atoms with E-state index in [1.807, 2.05) is 20.8 Å². The number of esters is 1. The quantitative estimate of drug-likeness (QED) is 0.581. The van der Waals surface area contributed by atoms with Crippen molar-refractivity contribution in [3.63, 3.8) is 0 Å². The van der Waals surface area contributed by atoms with E-state index in [4.69, 9.17) is 10.5 Å². The summed E-state index contributed by atoms with van der Waals surface area (Å²) in [6.45, 7) is 7.54. The Morgan fingerprint density at radius 2 is 1.95 bits per heavy atom. The fourth-order valence-electron chi connectivity index (χ4n) is 3.05. The largest absolute Gasteiger partial charge is 0.480 e. The highest BCUT2D eigenvalue weighted by Crippen LogP contribution is 2.42. The van der Waals surface area contributed by atoms with E-state index in [0.717, 1.165) is 25.7 Å². The molecule has 3 N–H and O–H groups in total. The van der Waals surface area contributed by atoms with Gasteiger partial charge in [0, 0.05) is 0 Å². The van der Waals surface area contributed by atoms with Gasteiger partial charge in [0.05, 0.1) is 5.92 Å². The number of hydrogen-bond donors (Lipinski definition) is 2. The number of unbranched alkanes of at least 4 members (excludes halogenated alkanes) is 2. The van der Waals surface area contributed by atoms with E-state index in [1.54, 1.807) is 0 Å². The number of hydrogen-bond acceptors (Lipinski definition) is 4. The molecule has 5 nitrogen and oxygen atoms in total. The molecule has 5 heteroatoms. The lowest BCUT2D eigenvalue weighted by atomic mass is 9.84. The highest BCUT2D eigenvalue weighted by atomic mass is 16.6. The zero-order valence-electron chi connectivity index (χ0n) is 13.6. The Kier molecular flexibility index (Phi) is 5.79. The molecular weight excluding hydrogens is 270 g/mol. The maximum atomic E-state index is 12.2. The SMILES string of the molecule is CCCCCC1CC(C(=O)OC(C)(C)C)CC1(N)C(=O)O. The fourth-order valence-corrected chi connectivity index (χ4v) is 3.05. The monoisotopic (exact) mass is 299 g/mol. The molecule has 0 bridgehead atoms. The summed E-state index contributed by atoms with van der Waals surface area (Å²) < 4.78 is 5.38. The van der Waals surface area contributed by atoms with Crippen molar-refractivity contribution < 1.29 is 19.4 Å². The van der Waals surface area contributed by atoms with Gasteiger partial charge in [-0.05, 0) is 46.0 Å². The van der Waals surface area contributed by atoms with Crippen LogP contribution in [0.1, 0.15) is 66.2 Å². The molecule has 0 spiro atoms. The zero-order chi connectivity index (χ0) is 16.3. The third-order valence-electron chi connectivity index (χ3n) is 4.18. The van der Waals surface area contributed by atoms with Crippen molar-refractivity contribution in [3.05, 3.63) is 0 Å². The Hall–Kier alpha value is -1.10. The summed E-state index contributed by atoms with van der Waals surface area (Å²) in [7, 11) is 0. The number of carboxylic acid groups (broad SMARTS) is 1. The minimum atomic E-state index is -1.30. The van der Waals surface area contributed by atoms with E-state index < -0.39 is 23.0 Å². The van der Waals surface area contributed by atoms with E-state index in [0.29, 0.717) is 6.42 Å². The number of carbonyl (C=O) groups excluding carboxylic acids is 1.